The summed E-state index contributed by atoms with van der Waals surface area (Å²) in [7, 11) is 0. The van der Waals surface area contributed by atoms with Gasteiger partial charge in [0, 0.05) is 17.3 Å². The summed E-state index contributed by atoms with van der Waals surface area (Å²) in [5, 5.41) is 5.40. The highest BCUT2D eigenvalue weighted by molar-refractivity contribution is 5.97. The Morgan fingerprint density at radius 2 is 1.95 bits per heavy atom. The van der Waals surface area contributed by atoms with E-state index in [1.807, 2.05) is 13.8 Å². The van der Waals surface area contributed by atoms with Crippen molar-refractivity contribution in [1.82, 2.24) is 10.3 Å². The molecular weight excluding hydrogens is 246 g/mol. The fraction of sp³-hybridized carbons (Fsp3) is 0.538. The predicted molar refractivity (Wildman–Crippen MR) is 73.5 cm³/mol. The van der Waals surface area contributed by atoms with Crippen LogP contribution < -0.4 is 10.6 Å². The molecule has 1 heterocycles. The van der Waals surface area contributed by atoms with E-state index < -0.39 is 0 Å². The van der Waals surface area contributed by atoms with E-state index in [9.17, 15) is 9.59 Å². The number of hydrogen-bond donors (Lipinski definition) is 3. The Hall–Kier alpha value is -1.98. The fourth-order valence-corrected chi connectivity index (χ4v) is 1.80. The van der Waals surface area contributed by atoms with Crippen molar-refractivity contribution in [2.24, 2.45) is 0 Å². The molecule has 0 fully saturated rings. The number of aromatic nitrogens is 1. The van der Waals surface area contributed by atoms with Crippen molar-refractivity contribution in [1.29, 1.82) is 0 Å². The Morgan fingerprint density at radius 3 is 2.47 bits per heavy atom. The number of H-pyrrole nitrogens is 1. The van der Waals surface area contributed by atoms with E-state index in [4.69, 9.17) is 4.74 Å². The average Bonchev–Trinajstić information content (AvgIpc) is 2.53. The molecule has 1 aromatic rings. The van der Waals surface area contributed by atoms with E-state index in [2.05, 4.69) is 15.6 Å². The van der Waals surface area contributed by atoms with Gasteiger partial charge in [0.2, 0.25) is 0 Å². The lowest BCUT2D eigenvalue weighted by atomic mass is 10.1. The van der Waals surface area contributed by atoms with E-state index in [-0.39, 0.29) is 18.0 Å². The molecule has 0 spiro atoms. The Labute approximate surface area is 112 Å². The number of carbonyl (C=O) groups is 2. The maximum Gasteiger partial charge on any atom is 0.340 e. The monoisotopic (exact) mass is 267 g/mol. The number of aromatic amines is 1. The second-order valence-corrected chi connectivity index (χ2v) is 4.60. The molecule has 0 bridgehead atoms. The third-order valence-electron chi connectivity index (χ3n) is 2.58. The first-order chi connectivity index (χ1) is 8.86. The molecule has 0 aliphatic heterocycles. The minimum absolute atomic E-state index is 0.0425. The van der Waals surface area contributed by atoms with Crippen molar-refractivity contribution in [3.8, 4) is 0 Å². The van der Waals surface area contributed by atoms with Gasteiger partial charge in [-0.25, -0.2) is 9.59 Å². The number of ether oxygens (including phenoxy) is 1. The number of urea groups is 1. The third kappa shape index (κ3) is 3.74. The molecule has 3 N–H and O–H groups in total. The first-order valence-corrected chi connectivity index (χ1v) is 6.30. The van der Waals surface area contributed by atoms with E-state index in [0.29, 0.717) is 29.2 Å². The summed E-state index contributed by atoms with van der Waals surface area (Å²) < 4.78 is 4.99. The summed E-state index contributed by atoms with van der Waals surface area (Å²) >= 11 is 0. The summed E-state index contributed by atoms with van der Waals surface area (Å²) in [5.74, 6) is 0.129. The van der Waals surface area contributed by atoms with Gasteiger partial charge in [-0.3, -0.25) is 5.32 Å². The van der Waals surface area contributed by atoms with Gasteiger partial charge in [0.15, 0.2) is 0 Å². The molecule has 6 nitrogen and oxygen atoms in total. The summed E-state index contributed by atoms with van der Waals surface area (Å²) in [4.78, 5) is 26.4. The zero-order chi connectivity index (χ0) is 14.6. The molecule has 1 rings (SSSR count). The van der Waals surface area contributed by atoms with Crippen molar-refractivity contribution in [2.75, 3.05) is 11.9 Å². The summed E-state index contributed by atoms with van der Waals surface area (Å²) in [6.07, 6.45) is 0. The average molecular weight is 267 g/mol. The van der Waals surface area contributed by atoms with Gasteiger partial charge in [0.05, 0.1) is 12.2 Å². The van der Waals surface area contributed by atoms with Crippen LogP contribution >= 0.6 is 0 Å². The van der Waals surface area contributed by atoms with Gasteiger partial charge in [-0.15, -0.1) is 0 Å². The van der Waals surface area contributed by atoms with Crippen molar-refractivity contribution < 1.29 is 14.3 Å². The van der Waals surface area contributed by atoms with Crippen LogP contribution in [0.2, 0.25) is 0 Å². The van der Waals surface area contributed by atoms with Crippen molar-refractivity contribution in [3.63, 3.8) is 0 Å². The zero-order valence-corrected chi connectivity index (χ0v) is 12.0. The minimum atomic E-state index is -0.383. The molecular formula is C13H21N3O3. The number of anilines is 1. The quantitative estimate of drug-likeness (QED) is 0.732. The molecule has 106 valence electrons. The smallest absolute Gasteiger partial charge is 0.340 e. The molecule has 0 aliphatic carbocycles. The Morgan fingerprint density at radius 1 is 1.32 bits per heavy atom. The van der Waals surface area contributed by atoms with Crippen LogP contribution in [-0.4, -0.2) is 29.6 Å². The van der Waals surface area contributed by atoms with Gasteiger partial charge >= 0.3 is 12.0 Å². The fourth-order valence-electron chi connectivity index (χ4n) is 1.80. The Bertz CT molecular complexity index is 478. The highest BCUT2D eigenvalue weighted by Crippen LogP contribution is 2.22. The van der Waals surface area contributed by atoms with Crippen LogP contribution in [0, 0.1) is 13.8 Å². The topological polar surface area (TPSA) is 83.2 Å². The third-order valence-corrected chi connectivity index (χ3v) is 2.58. The summed E-state index contributed by atoms with van der Waals surface area (Å²) in [6, 6.07) is -0.268. The number of rotatable bonds is 4. The summed E-state index contributed by atoms with van der Waals surface area (Å²) in [5.41, 5.74) is 1.83. The predicted octanol–water partition coefficient (Wildman–Crippen LogP) is 2.34. The number of amides is 2. The molecule has 19 heavy (non-hydrogen) atoms. The maximum absolute atomic E-state index is 11.8. The molecule has 6 heteroatoms. The highest BCUT2D eigenvalue weighted by atomic mass is 16.5. The first-order valence-electron chi connectivity index (χ1n) is 6.30. The van der Waals surface area contributed by atoms with Gasteiger partial charge in [-0.05, 0) is 34.6 Å². The SMILES string of the molecule is CCOC(=O)c1c(C)[nH]c(NC(=O)NC(C)C)c1C. The van der Waals surface area contributed by atoms with Crippen LogP contribution in [0.4, 0.5) is 10.6 Å². The molecule has 0 saturated heterocycles. The number of hydrogen-bond acceptors (Lipinski definition) is 3. The lowest BCUT2D eigenvalue weighted by Crippen LogP contribution is -2.34. The van der Waals surface area contributed by atoms with E-state index in [1.165, 1.54) is 0 Å². The lowest BCUT2D eigenvalue weighted by Gasteiger charge is -2.09. The van der Waals surface area contributed by atoms with Gasteiger partial charge in [-0.2, -0.15) is 0 Å². The Kier molecular flexibility index (Phi) is 4.97. The van der Waals surface area contributed by atoms with Crippen LogP contribution in [0.5, 0.6) is 0 Å². The molecule has 0 radical (unpaired) electrons. The first kappa shape index (κ1) is 15.1. The van der Waals surface area contributed by atoms with Gasteiger partial charge in [-0.1, -0.05) is 0 Å². The van der Waals surface area contributed by atoms with Gasteiger partial charge in [0.25, 0.3) is 0 Å². The normalized spacial score (nSPS) is 10.4. The highest BCUT2D eigenvalue weighted by Gasteiger charge is 2.20. The number of carbonyl (C=O) groups excluding carboxylic acids is 2. The zero-order valence-electron chi connectivity index (χ0n) is 12.0. The minimum Gasteiger partial charge on any atom is -0.462 e. The van der Waals surface area contributed by atoms with Crippen LogP contribution in [0.25, 0.3) is 0 Å². The number of esters is 1. The molecule has 2 amide bonds. The molecule has 1 aromatic heterocycles. The van der Waals surface area contributed by atoms with Gasteiger partial charge in [0.1, 0.15) is 5.82 Å². The van der Waals surface area contributed by atoms with E-state index in [0.717, 1.165) is 0 Å². The van der Waals surface area contributed by atoms with Crippen LogP contribution in [0.15, 0.2) is 0 Å². The lowest BCUT2D eigenvalue weighted by molar-refractivity contribution is 0.0525. The molecule has 0 aliphatic rings. The maximum atomic E-state index is 11.8. The van der Waals surface area contributed by atoms with Crippen molar-refractivity contribution in [2.45, 2.75) is 40.7 Å². The molecule has 0 saturated carbocycles. The molecule has 0 atom stereocenters. The standard InChI is InChI=1S/C13H21N3O3/c1-6-19-12(17)10-8(4)11(15-9(10)5)16-13(18)14-7(2)3/h7,15H,6H2,1-5H3,(H2,14,16,18). The van der Waals surface area contributed by atoms with E-state index >= 15 is 0 Å². The number of aryl methyl sites for hydroxylation is 1. The summed E-state index contributed by atoms with van der Waals surface area (Å²) in [6.45, 7) is 9.35. The second kappa shape index (κ2) is 6.26. The van der Waals surface area contributed by atoms with E-state index in [1.54, 1.807) is 20.8 Å². The van der Waals surface area contributed by atoms with Gasteiger partial charge < -0.3 is 15.0 Å². The number of nitrogens with one attached hydrogen (secondary N) is 3. The van der Waals surface area contributed by atoms with Crippen LogP contribution in [0.3, 0.4) is 0 Å². The van der Waals surface area contributed by atoms with Crippen molar-refractivity contribution in [3.05, 3.63) is 16.8 Å². The van der Waals surface area contributed by atoms with Crippen molar-refractivity contribution >= 4 is 17.8 Å². The van der Waals surface area contributed by atoms with Crippen LogP contribution in [0.1, 0.15) is 42.4 Å². The molecule has 0 unspecified atom stereocenters. The Balaban J connectivity index is 2.90. The second-order valence-electron chi connectivity index (χ2n) is 4.60. The van der Waals surface area contributed by atoms with Crippen LogP contribution in [-0.2, 0) is 4.74 Å². The largest absolute Gasteiger partial charge is 0.462 e. The molecule has 0 aromatic carbocycles.